The maximum Gasteiger partial charge on any atom is 0.416 e. The number of fused-ring (bicyclic) bond motifs is 1. The Morgan fingerprint density at radius 3 is 2.44 bits per heavy atom. The molecule has 2 heterocycles. The van der Waals surface area contributed by atoms with Gasteiger partial charge in [-0.2, -0.15) is 13.2 Å². The average Bonchev–Trinajstić information content (AvgIpc) is 2.55. The number of rotatable bonds is 2. The van der Waals surface area contributed by atoms with Crippen LogP contribution in [0.1, 0.15) is 49.6 Å². The smallest absolute Gasteiger partial charge is 0.416 e. The number of aromatic nitrogens is 1. The van der Waals surface area contributed by atoms with Crippen LogP contribution in [0.15, 0.2) is 41.3 Å². The molecule has 8 heteroatoms. The number of hydrogen-bond donors (Lipinski definition) is 2. The molecule has 0 saturated carbocycles. The van der Waals surface area contributed by atoms with E-state index in [1.54, 1.807) is 13.8 Å². The van der Waals surface area contributed by atoms with Crippen molar-refractivity contribution in [2.24, 2.45) is 0 Å². The number of pyridine rings is 1. The number of ether oxygens (including phenoxy) is 1. The monoisotopic (exact) mass is 383 g/mol. The molecule has 1 aromatic heterocycles. The Kier molecular flexibility index (Phi) is 4.60. The second-order valence-electron chi connectivity index (χ2n) is 7.23. The third-order valence-electron chi connectivity index (χ3n) is 4.79. The van der Waals surface area contributed by atoms with Crippen molar-refractivity contribution in [1.29, 1.82) is 0 Å². The van der Waals surface area contributed by atoms with Gasteiger partial charge in [-0.3, -0.25) is 4.79 Å². The Morgan fingerprint density at radius 1 is 1.22 bits per heavy atom. The van der Waals surface area contributed by atoms with E-state index in [-0.39, 0.29) is 11.3 Å². The van der Waals surface area contributed by atoms with Crippen LogP contribution in [-0.2, 0) is 6.18 Å². The van der Waals surface area contributed by atoms with Crippen LogP contribution in [0, 0.1) is 0 Å². The summed E-state index contributed by atoms with van der Waals surface area (Å²) in [6, 6.07) is 4.63. The summed E-state index contributed by atoms with van der Waals surface area (Å²) in [5.74, 6) is 0.176. The van der Waals surface area contributed by atoms with E-state index in [0.29, 0.717) is 5.56 Å². The molecule has 1 aliphatic rings. The van der Waals surface area contributed by atoms with Crippen molar-refractivity contribution < 1.29 is 28.1 Å². The van der Waals surface area contributed by atoms with E-state index in [2.05, 4.69) is 0 Å². The first-order valence-electron chi connectivity index (χ1n) is 8.40. The number of halogens is 3. The molecule has 0 saturated heterocycles. The molecule has 1 aliphatic heterocycles. The Balaban J connectivity index is 2.21. The van der Waals surface area contributed by atoms with Gasteiger partial charge in [-0.1, -0.05) is 0 Å². The molecule has 1 aromatic carbocycles. The third-order valence-corrected chi connectivity index (χ3v) is 4.79. The fourth-order valence-corrected chi connectivity index (χ4v) is 3.24. The summed E-state index contributed by atoms with van der Waals surface area (Å²) < 4.78 is 46.3. The average molecular weight is 383 g/mol. The van der Waals surface area contributed by atoms with Crippen LogP contribution in [0.2, 0.25) is 0 Å². The first kappa shape index (κ1) is 19.4. The number of aliphatic hydroxyl groups is 2. The van der Waals surface area contributed by atoms with Crippen molar-refractivity contribution in [3.05, 3.63) is 63.6 Å². The predicted molar refractivity (Wildman–Crippen MR) is 91.6 cm³/mol. The van der Waals surface area contributed by atoms with Crippen molar-refractivity contribution in [1.82, 2.24) is 4.57 Å². The van der Waals surface area contributed by atoms with Crippen LogP contribution in [-0.4, -0.2) is 26.5 Å². The van der Waals surface area contributed by atoms with Gasteiger partial charge in [0.15, 0.2) is 0 Å². The van der Waals surface area contributed by atoms with Gasteiger partial charge >= 0.3 is 6.18 Å². The second kappa shape index (κ2) is 6.38. The number of benzene rings is 1. The summed E-state index contributed by atoms with van der Waals surface area (Å²) in [5.41, 5.74) is -2.11. The molecule has 0 bridgehead atoms. The first-order valence-corrected chi connectivity index (χ1v) is 8.40. The molecule has 146 valence electrons. The summed E-state index contributed by atoms with van der Waals surface area (Å²) in [4.78, 5) is 12.6. The number of aliphatic hydroxyl groups excluding tert-OH is 2. The Hall–Kier alpha value is -2.32. The number of nitrogens with zero attached hydrogens (tertiary/aromatic N) is 1. The SMILES string of the molecule is CC(O)c1ccn([C@@H]2c3cc(C(F)(F)F)ccc3OC(C)(C)[C@H]2O)c(=O)c1. The van der Waals surface area contributed by atoms with E-state index in [4.69, 9.17) is 4.74 Å². The van der Waals surface area contributed by atoms with E-state index in [1.807, 2.05) is 0 Å². The molecule has 2 aromatic rings. The molecule has 2 N–H and O–H groups in total. The molecule has 0 radical (unpaired) electrons. The van der Waals surface area contributed by atoms with Gasteiger partial charge in [0.05, 0.1) is 17.7 Å². The molecule has 3 rings (SSSR count). The molecule has 5 nitrogen and oxygen atoms in total. The lowest BCUT2D eigenvalue weighted by atomic mass is 9.85. The summed E-state index contributed by atoms with van der Waals surface area (Å²) >= 11 is 0. The maximum absolute atomic E-state index is 13.2. The molecular weight excluding hydrogens is 363 g/mol. The molecule has 3 atom stereocenters. The van der Waals surface area contributed by atoms with E-state index in [0.717, 1.165) is 12.1 Å². The highest BCUT2D eigenvalue weighted by molar-refractivity contribution is 5.44. The largest absolute Gasteiger partial charge is 0.485 e. The lowest BCUT2D eigenvalue weighted by Crippen LogP contribution is -2.52. The Labute approximate surface area is 153 Å². The normalized spacial score (nSPS) is 22.7. The molecule has 0 amide bonds. The molecule has 0 aliphatic carbocycles. The van der Waals surface area contributed by atoms with Gasteiger partial charge in [-0.25, -0.2) is 0 Å². The van der Waals surface area contributed by atoms with E-state index in [1.165, 1.54) is 35.9 Å². The van der Waals surface area contributed by atoms with Gasteiger partial charge in [0.2, 0.25) is 0 Å². The number of hydrogen-bond acceptors (Lipinski definition) is 4. The van der Waals surface area contributed by atoms with Crippen LogP contribution in [0.3, 0.4) is 0 Å². The molecule has 0 fully saturated rings. The highest BCUT2D eigenvalue weighted by Crippen LogP contribution is 2.43. The highest BCUT2D eigenvalue weighted by atomic mass is 19.4. The van der Waals surface area contributed by atoms with Crippen LogP contribution >= 0.6 is 0 Å². The van der Waals surface area contributed by atoms with Crippen molar-refractivity contribution in [2.45, 2.75) is 50.8 Å². The summed E-state index contributed by atoms with van der Waals surface area (Å²) in [6.07, 6.45) is -5.35. The van der Waals surface area contributed by atoms with Gasteiger partial charge in [-0.05, 0) is 50.6 Å². The van der Waals surface area contributed by atoms with Crippen molar-refractivity contribution in [3.63, 3.8) is 0 Å². The summed E-state index contributed by atoms with van der Waals surface area (Å²) in [6.45, 7) is 4.69. The lowest BCUT2D eigenvalue weighted by molar-refractivity contribution is -0.137. The first-order chi connectivity index (χ1) is 12.4. The highest BCUT2D eigenvalue weighted by Gasteiger charge is 2.45. The Bertz CT molecular complexity index is 918. The topological polar surface area (TPSA) is 71.7 Å². The van der Waals surface area contributed by atoms with Crippen molar-refractivity contribution in [3.8, 4) is 5.75 Å². The zero-order valence-electron chi connectivity index (χ0n) is 15.0. The molecule has 1 unspecified atom stereocenters. The minimum Gasteiger partial charge on any atom is -0.485 e. The lowest BCUT2D eigenvalue weighted by Gasteiger charge is -2.42. The molecule has 27 heavy (non-hydrogen) atoms. The minimum atomic E-state index is -4.57. The van der Waals surface area contributed by atoms with Crippen molar-refractivity contribution >= 4 is 0 Å². The van der Waals surface area contributed by atoms with Crippen LogP contribution in [0.25, 0.3) is 0 Å². The summed E-state index contributed by atoms with van der Waals surface area (Å²) in [7, 11) is 0. The van der Waals surface area contributed by atoms with Gasteiger partial charge in [0.1, 0.15) is 17.5 Å². The molecule has 0 spiro atoms. The van der Waals surface area contributed by atoms with E-state index < -0.39 is 41.1 Å². The zero-order chi connectivity index (χ0) is 20.1. The van der Waals surface area contributed by atoms with Crippen molar-refractivity contribution in [2.75, 3.05) is 0 Å². The maximum atomic E-state index is 13.2. The standard InChI is InChI=1S/C19H20F3NO4/c1-10(24)11-6-7-23(15(25)8-11)16-13-9-12(19(20,21)22)4-5-14(13)27-18(2,3)17(16)26/h4-10,16-17,24,26H,1-3H3/t10?,16-,17+/m1/s1. The quantitative estimate of drug-likeness (QED) is 0.836. The fourth-order valence-electron chi connectivity index (χ4n) is 3.24. The Morgan fingerprint density at radius 2 is 1.89 bits per heavy atom. The fraction of sp³-hybridized carbons (Fsp3) is 0.421. The number of alkyl halides is 3. The minimum absolute atomic E-state index is 0.0727. The van der Waals surface area contributed by atoms with Gasteiger partial charge in [0.25, 0.3) is 5.56 Å². The third kappa shape index (κ3) is 3.46. The van der Waals surface area contributed by atoms with Gasteiger partial charge in [0, 0.05) is 17.8 Å². The van der Waals surface area contributed by atoms with Gasteiger partial charge < -0.3 is 19.5 Å². The van der Waals surface area contributed by atoms with E-state index in [9.17, 15) is 28.2 Å². The second-order valence-corrected chi connectivity index (χ2v) is 7.23. The summed E-state index contributed by atoms with van der Waals surface area (Å²) in [5, 5.41) is 20.4. The van der Waals surface area contributed by atoms with Crippen LogP contribution < -0.4 is 10.3 Å². The molecular formula is C19H20F3NO4. The van der Waals surface area contributed by atoms with Gasteiger partial charge in [-0.15, -0.1) is 0 Å². The van der Waals surface area contributed by atoms with Crippen LogP contribution in [0.5, 0.6) is 5.75 Å². The van der Waals surface area contributed by atoms with Crippen LogP contribution in [0.4, 0.5) is 13.2 Å². The van der Waals surface area contributed by atoms with E-state index >= 15 is 0 Å². The zero-order valence-corrected chi connectivity index (χ0v) is 15.0. The predicted octanol–water partition coefficient (Wildman–Crippen LogP) is 3.04.